The number of nitrogens with zero attached hydrogens (tertiary/aromatic N) is 2. The summed E-state index contributed by atoms with van der Waals surface area (Å²) in [5.41, 5.74) is 25.8. The van der Waals surface area contributed by atoms with E-state index >= 15 is 0 Å². The number of aryl methyl sites for hydroxylation is 6. The minimum absolute atomic E-state index is 0.0720. The number of para-hydroxylation sites is 1. The molecule has 0 saturated heterocycles. The SMILES string of the molecule is CNC1CCCc2c1[nH]c1cc(Br)ccc21.CNC1CCCc2c1[nH]c1ccc(Cl)cc21.CNC1CCCc2c1[nH]c1ccc(OC)cc21.CO/N=C1\CCCc2c1[nH]c1ccc(Br)cc21.CO/N=C1\CCCc2c1[nH]c1ccc(Cl)cc21.O=C(Nc1ccccc1)C1CCCc2c1[nH]c1ccc(Br)cc21. The molecule has 4 unspecified atom stereocenters. The van der Waals surface area contributed by atoms with Gasteiger partial charge in [0.1, 0.15) is 31.4 Å². The number of hydrogen-bond donors (Lipinski definition) is 10. The van der Waals surface area contributed by atoms with Gasteiger partial charge in [0.2, 0.25) is 5.91 Å². The number of amides is 1. The molecule has 106 heavy (non-hydrogen) atoms. The third-order valence-electron chi connectivity index (χ3n) is 21.7. The number of benzene rings is 7. The van der Waals surface area contributed by atoms with E-state index in [1.54, 1.807) is 21.3 Å². The lowest BCUT2D eigenvalue weighted by Crippen LogP contribution is -2.24. The van der Waals surface area contributed by atoms with Crippen LogP contribution in [0.1, 0.15) is 169 Å². The van der Waals surface area contributed by atoms with Crippen molar-refractivity contribution >= 4 is 159 Å². The first kappa shape index (κ1) is 74.7. The third-order valence-corrected chi connectivity index (χ3v) is 23.7. The molecule has 19 rings (SSSR count). The zero-order valence-electron chi connectivity index (χ0n) is 60.7. The molecule has 0 spiro atoms. The van der Waals surface area contributed by atoms with Gasteiger partial charge in [-0.3, -0.25) is 4.79 Å². The number of carbonyl (C=O) groups excluding carboxylic acids is 1. The molecule has 550 valence electrons. The van der Waals surface area contributed by atoms with Crippen molar-refractivity contribution in [1.82, 2.24) is 45.9 Å². The molecule has 7 aromatic carbocycles. The Morgan fingerprint density at radius 1 is 0.406 bits per heavy atom. The molecule has 16 nitrogen and oxygen atoms in total. The van der Waals surface area contributed by atoms with Gasteiger partial charge in [-0.05, 0) is 285 Å². The van der Waals surface area contributed by atoms with Gasteiger partial charge in [0, 0.05) is 135 Å². The fourth-order valence-corrected chi connectivity index (χ4v) is 18.2. The zero-order valence-corrected chi connectivity index (χ0v) is 67.0. The van der Waals surface area contributed by atoms with E-state index in [2.05, 4.69) is 182 Å². The molecule has 0 bridgehead atoms. The summed E-state index contributed by atoms with van der Waals surface area (Å²) in [6.45, 7) is 0. The fraction of sp³-hybridized carbons (Fsp3) is 0.329. The molecule has 0 radical (unpaired) electrons. The monoisotopic (exact) mass is 1650 g/mol. The van der Waals surface area contributed by atoms with Crippen LogP contribution in [0.4, 0.5) is 5.69 Å². The highest BCUT2D eigenvalue weighted by molar-refractivity contribution is 9.11. The van der Waals surface area contributed by atoms with E-state index in [4.69, 9.17) is 37.6 Å². The van der Waals surface area contributed by atoms with Crippen LogP contribution in [-0.4, -0.2) is 89.7 Å². The standard InChI is InChI=1S/C19H17BrN2O.C14H18N2O.C13H13BrN2O.C13H15BrN2.C13H13ClN2O.C13H15ClN2/c20-12-9-10-17-16(11-12)14-7-4-8-15(18(14)22-17)19(23)21-13-5-2-1-3-6-13;1-15-13-5-3-4-10-11-8-9(17-2)6-7-12(11)16-14(10)13;1-17-16-12-4-2-3-9-10-7-8(14)5-6-11(10)15-13(9)12;1-15-11-4-2-3-10-9-6-5-8(14)7-12(9)16-13(10)11;1-17-16-12-4-2-3-9-10-7-8(14)5-6-11(10)15-13(9)12;1-15-12-4-2-3-9-10-7-8(14)5-6-11(10)16-13(9)12/h1-3,5-6,9-11,15,22H,4,7-8H2,(H,21,23);6-8,13,15-16H,3-5H2,1-2H3;5-7,15H,2-4H2,1H3;5-7,11,15-16H,2-4H2,1H3;5-7,15H,2-4H2,1H3;5-7,12,15-16H,2-4H2,1H3/b;;16-12+;;16-12+;. The van der Waals surface area contributed by atoms with E-state index < -0.39 is 0 Å². The fourth-order valence-electron chi connectivity index (χ4n) is 16.7. The van der Waals surface area contributed by atoms with Crippen LogP contribution < -0.4 is 26.0 Å². The quantitative estimate of drug-likeness (QED) is 0.0664. The Balaban J connectivity index is 0.000000107. The first-order chi connectivity index (χ1) is 51.7. The molecule has 4 atom stereocenters. The van der Waals surface area contributed by atoms with Crippen molar-refractivity contribution in [2.45, 2.75) is 140 Å². The Morgan fingerprint density at radius 2 is 0.802 bits per heavy atom. The lowest BCUT2D eigenvalue weighted by Gasteiger charge is -2.22. The van der Waals surface area contributed by atoms with Gasteiger partial charge in [-0.15, -0.1) is 0 Å². The molecule has 1 amide bonds. The van der Waals surface area contributed by atoms with E-state index in [1.807, 2.05) is 87.9 Å². The minimum atomic E-state index is -0.106. The van der Waals surface area contributed by atoms with Crippen LogP contribution in [0.2, 0.25) is 10.0 Å². The maximum absolute atomic E-state index is 12.7. The molecule has 13 aromatic rings. The summed E-state index contributed by atoms with van der Waals surface area (Å²) in [4.78, 5) is 43.5. The molecule has 0 aliphatic heterocycles. The van der Waals surface area contributed by atoms with Crippen molar-refractivity contribution in [3.05, 3.63) is 231 Å². The van der Waals surface area contributed by atoms with Crippen molar-refractivity contribution in [1.29, 1.82) is 0 Å². The number of fused-ring (bicyclic) bond motifs is 18. The number of nitrogens with one attached hydrogen (secondary N) is 10. The van der Waals surface area contributed by atoms with Gasteiger partial charge >= 0.3 is 0 Å². The number of anilines is 1. The number of aromatic nitrogens is 6. The summed E-state index contributed by atoms with van der Waals surface area (Å²) < 4.78 is 8.63. The van der Waals surface area contributed by atoms with Gasteiger partial charge in [-0.2, -0.15) is 0 Å². The average Bonchev–Trinajstić information content (AvgIpc) is 1.66. The number of methoxy groups -OCH3 is 1. The molecular formula is C85H91Br3Cl2N12O4. The second-order valence-electron chi connectivity index (χ2n) is 28.0. The number of carbonyl (C=O) groups is 1. The van der Waals surface area contributed by atoms with Crippen LogP contribution in [0, 0.1) is 0 Å². The van der Waals surface area contributed by atoms with Crippen LogP contribution in [0.25, 0.3) is 65.4 Å². The highest BCUT2D eigenvalue weighted by atomic mass is 79.9. The number of ether oxygens (including phenoxy) is 1. The first-order valence-corrected chi connectivity index (χ1v) is 40.1. The lowest BCUT2D eigenvalue weighted by molar-refractivity contribution is -0.118. The highest BCUT2D eigenvalue weighted by Crippen LogP contribution is 2.42. The van der Waals surface area contributed by atoms with E-state index in [1.165, 1.54) is 156 Å². The van der Waals surface area contributed by atoms with Crippen molar-refractivity contribution in [2.75, 3.05) is 47.8 Å². The second-order valence-corrected chi connectivity index (χ2v) is 31.7. The topological polar surface area (TPSA) is 212 Å². The largest absolute Gasteiger partial charge is 0.497 e. The number of hydrogen-bond acceptors (Lipinski definition) is 9. The van der Waals surface area contributed by atoms with Gasteiger partial charge < -0.3 is 65.6 Å². The maximum atomic E-state index is 12.7. The number of halogens is 5. The third kappa shape index (κ3) is 16.1. The van der Waals surface area contributed by atoms with E-state index in [0.29, 0.717) is 18.1 Å². The zero-order chi connectivity index (χ0) is 73.5. The van der Waals surface area contributed by atoms with Gasteiger partial charge in [-0.25, -0.2) is 0 Å². The second kappa shape index (κ2) is 34.0. The number of rotatable bonds is 8. The summed E-state index contributed by atoms with van der Waals surface area (Å²) in [5, 5.41) is 30.7. The Labute approximate surface area is 653 Å². The Morgan fingerprint density at radius 3 is 1.31 bits per heavy atom. The summed E-state index contributed by atoms with van der Waals surface area (Å²) in [6, 6.07) is 48.4. The number of oxime groups is 2. The van der Waals surface area contributed by atoms with Gasteiger partial charge in [0.25, 0.3) is 0 Å². The smallest absolute Gasteiger partial charge is 0.233 e. The predicted molar refractivity (Wildman–Crippen MR) is 447 cm³/mol. The van der Waals surface area contributed by atoms with E-state index in [9.17, 15) is 4.79 Å². The average molecular weight is 1660 g/mol. The molecule has 6 heterocycles. The molecule has 21 heteroatoms. The molecule has 10 N–H and O–H groups in total. The Hall–Kier alpha value is -8.11. The predicted octanol–water partition coefficient (Wildman–Crippen LogP) is 21.8. The van der Waals surface area contributed by atoms with Crippen molar-refractivity contribution in [2.24, 2.45) is 10.3 Å². The van der Waals surface area contributed by atoms with Gasteiger partial charge in [0.15, 0.2) is 0 Å². The summed E-state index contributed by atoms with van der Waals surface area (Å²) in [7, 11) is 11.0. The molecular weight excluding hydrogens is 1560 g/mol. The lowest BCUT2D eigenvalue weighted by atomic mass is 9.86. The van der Waals surface area contributed by atoms with Crippen molar-refractivity contribution in [3.8, 4) is 5.75 Å². The number of aromatic amines is 6. The first-order valence-electron chi connectivity index (χ1n) is 37.0. The van der Waals surface area contributed by atoms with Gasteiger partial charge in [-0.1, -0.05) is 106 Å². The van der Waals surface area contributed by atoms with Crippen LogP contribution in [0.3, 0.4) is 0 Å². The molecule has 6 aliphatic carbocycles. The van der Waals surface area contributed by atoms with Crippen LogP contribution >= 0.6 is 71.0 Å². The molecule has 6 aliphatic rings. The summed E-state index contributed by atoms with van der Waals surface area (Å²) >= 11 is 22.7. The van der Waals surface area contributed by atoms with Crippen LogP contribution in [0.15, 0.2) is 163 Å². The van der Waals surface area contributed by atoms with E-state index in [0.717, 1.165) is 139 Å². The van der Waals surface area contributed by atoms with E-state index in [-0.39, 0.29) is 11.8 Å². The van der Waals surface area contributed by atoms with Crippen LogP contribution in [0.5, 0.6) is 5.75 Å². The molecule has 0 fully saturated rings. The summed E-state index contributed by atoms with van der Waals surface area (Å²) in [6.07, 6.45) is 20.3. The minimum Gasteiger partial charge on any atom is -0.497 e. The van der Waals surface area contributed by atoms with Gasteiger partial charge in [0.05, 0.1) is 24.4 Å². The Bertz CT molecular complexity index is 5260. The molecule has 6 aromatic heterocycles. The Kier molecular flexibility index (Phi) is 24.0. The maximum Gasteiger partial charge on any atom is 0.233 e. The molecule has 0 saturated carbocycles. The highest BCUT2D eigenvalue weighted by Gasteiger charge is 2.31. The van der Waals surface area contributed by atoms with Crippen LogP contribution in [-0.2, 0) is 53.0 Å². The number of H-pyrrole nitrogens is 6. The van der Waals surface area contributed by atoms with Crippen molar-refractivity contribution < 1.29 is 19.2 Å². The van der Waals surface area contributed by atoms with Crippen molar-refractivity contribution in [3.63, 3.8) is 0 Å². The normalized spacial score (nSPS) is 18.4. The summed E-state index contributed by atoms with van der Waals surface area (Å²) in [5.74, 6) is 0.902.